The lowest BCUT2D eigenvalue weighted by molar-refractivity contribution is -0.137. The van der Waals surface area contributed by atoms with E-state index in [-0.39, 0.29) is 22.2 Å². The van der Waals surface area contributed by atoms with Crippen molar-refractivity contribution in [1.29, 1.82) is 0 Å². The Morgan fingerprint density at radius 3 is 2.59 bits per heavy atom. The number of oxazole rings is 1. The summed E-state index contributed by atoms with van der Waals surface area (Å²) >= 11 is 0.932. The number of alkyl halides is 3. The molecule has 0 saturated heterocycles. The van der Waals surface area contributed by atoms with Crippen LogP contribution in [-0.2, 0) is 4.79 Å². The molecule has 0 unspecified atom stereocenters. The number of Topliss-reactive ketones (excluding diaryl/α,β-unsaturated/α-hetero) is 1. The maximum Gasteiger partial charge on any atom is 0.389 e. The predicted octanol–water partition coefficient (Wildman–Crippen LogP) is 3.77. The fourth-order valence-corrected chi connectivity index (χ4v) is 3.47. The number of amides is 2. The van der Waals surface area contributed by atoms with E-state index < -0.39 is 54.5 Å². The summed E-state index contributed by atoms with van der Waals surface area (Å²) in [7, 11) is 0. The van der Waals surface area contributed by atoms with Crippen LogP contribution in [0, 0.1) is 5.82 Å². The molecule has 2 N–H and O–H groups in total. The molecular weight excluding hydrogens is 480 g/mol. The first kappa shape index (κ1) is 25.0. The standard InChI is InChI=1S/C21H18F4N4O4S/c1-11(28-18(32)15-10-27-19(33-15)12-3-2-4-13(22)9-12)17(31)29-14(5-6-21(23,24)25)16(30)20-26-7-8-34-20/h2-4,7-11,14H,5-6H2,1H3,(H,28,32)(H,29,31)/t11-,14-/m0/s1. The molecule has 0 radical (unpaired) electrons. The van der Waals surface area contributed by atoms with E-state index in [1.807, 2.05) is 0 Å². The van der Waals surface area contributed by atoms with Crippen molar-refractivity contribution in [3.63, 3.8) is 0 Å². The summed E-state index contributed by atoms with van der Waals surface area (Å²) in [5.74, 6) is -3.30. The molecule has 0 saturated carbocycles. The van der Waals surface area contributed by atoms with Crippen LogP contribution in [0.25, 0.3) is 11.5 Å². The molecule has 0 fully saturated rings. The van der Waals surface area contributed by atoms with Gasteiger partial charge in [0.15, 0.2) is 5.01 Å². The average Bonchev–Trinajstić information content (AvgIpc) is 3.48. The van der Waals surface area contributed by atoms with Crippen LogP contribution in [0.4, 0.5) is 17.6 Å². The lowest BCUT2D eigenvalue weighted by Gasteiger charge is -2.20. The highest BCUT2D eigenvalue weighted by molar-refractivity contribution is 7.11. The third-order valence-corrected chi connectivity index (χ3v) is 5.32. The van der Waals surface area contributed by atoms with Gasteiger partial charge in [0.1, 0.15) is 11.9 Å². The maximum absolute atomic E-state index is 13.4. The molecule has 34 heavy (non-hydrogen) atoms. The number of thiazole rings is 1. The summed E-state index contributed by atoms with van der Waals surface area (Å²) in [5.41, 5.74) is 0.290. The molecule has 0 bridgehead atoms. The van der Waals surface area contributed by atoms with E-state index in [0.29, 0.717) is 0 Å². The van der Waals surface area contributed by atoms with Crippen LogP contribution in [-0.4, -0.2) is 45.8 Å². The number of rotatable bonds is 9. The molecule has 2 amide bonds. The zero-order chi connectivity index (χ0) is 24.9. The minimum atomic E-state index is -4.53. The Kier molecular flexibility index (Phi) is 7.76. The monoisotopic (exact) mass is 498 g/mol. The van der Waals surface area contributed by atoms with E-state index in [9.17, 15) is 31.9 Å². The molecule has 13 heteroatoms. The zero-order valence-corrected chi connectivity index (χ0v) is 18.4. The second kappa shape index (κ2) is 10.5. The van der Waals surface area contributed by atoms with Gasteiger partial charge in [-0.3, -0.25) is 14.4 Å². The Hall–Kier alpha value is -3.61. The van der Waals surface area contributed by atoms with Crippen LogP contribution in [0.1, 0.15) is 40.1 Å². The van der Waals surface area contributed by atoms with E-state index in [2.05, 4.69) is 20.6 Å². The van der Waals surface area contributed by atoms with Crippen molar-refractivity contribution in [2.24, 2.45) is 0 Å². The molecule has 180 valence electrons. The average molecular weight is 498 g/mol. The first-order chi connectivity index (χ1) is 16.0. The Balaban J connectivity index is 1.64. The topological polar surface area (TPSA) is 114 Å². The molecule has 3 rings (SSSR count). The third kappa shape index (κ3) is 6.70. The van der Waals surface area contributed by atoms with E-state index in [1.54, 1.807) is 0 Å². The molecule has 0 aliphatic rings. The van der Waals surface area contributed by atoms with Crippen LogP contribution in [0.2, 0.25) is 0 Å². The first-order valence-electron chi connectivity index (χ1n) is 9.87. The quantitative estimate of drug-likeness (QED) is 0.343. The number of nitrogens with zero attached hydrogens (tertiary/aromatic N) is 2. The smallest absolute Gasteiger partial charge is 0.389 e. The van der Waals surface area contributed by atoms with Crippen molar-refractivity contribution in [2.45, 2.75) is 38.0 Å². The molecule has 0 aliphatic heterocycles. The number of carbonyl (C=O) groups is 3. The molecule has 0 aliphatic carbocycles. The highest BCUT2D eigenvalue weighted by atomic mass is 32.1. The van der Waals surface area contributed by atoms with Gasteiger partial charge in [0.2, 0.25) is 23.3 Å². The second-order valence-electron chi connectivity index (χ2n) is 7.15. The lowest BCUT2D eigenvalue weighted by atomic mass is 10.1. The Morgan fingerprint density at radius 1 is 1.18 bits per heavy atom. The second-order valence-corrected chi connectivity index (χ2v) is 8.05. The summed E-state index contributed by atoms with van der Waals surface area (Å²) in [6.45, 7) is 1.28. The molecule has 2 aromatic heterocycles. The number of halogens is 4. The van der Waals surface area contributed by atoms with Crippen LogP contribution in [0.15, 0.2) is 46.5 Å². The van der Waals surface area contributed by atoms with Crippen LogP contribution in [0.3, 0.4) is 0 Å². The summed E-state index contributed by atoms with van der Waals surface area (Å²) < 4.78 is 56.8. The van der Waals surface area contributed by atoms with Crippen LogP contribution < -0.4 is 10.6 Å². The number of hydrogen-bond acceptors (Lipinski definition) is 7. The number of nitrogens with one attached hydrogen (secondary N) is 2. The highest BCUT2D eigenvalue weighted by Crippen LogP contribution is 2.24. The Bertz CT molecular complexity index is 1160. The molecular formula is C21H18F4N4O4S. The van der Waals surface area contributed by atoms with E-state index >= 15 is 0 Å². The van der Waals surface area contributed by atoms with Gasteiger partial charge in [-0.15, -0.1) is 11.3 Å². The molecule has 8 nitrogen and oxygen atoms in total. The summed E-state index contributed by atoms with van der Waals surface area (Å²) in [5, 5.41) is 6.00. The molecule has 3 aromatic rings. The minimum absolute atomic E-state index is 0.0250. The largest absolute Gasteiger partial charge is 0.431 e. The summed E-state index contributed by atoms with van der Waals surface area (Å²) in [6, 6.07) is 2.62. The molecule has 0 spiro atoms. The van der Waals surface area contributed by atoms with Gasteiger partial charge in [0, 0.05) is 23.6 Å². The fraction of sp³-hybridized carbons (Fsp3) is 0.286. The van der Waals surface area contributed by atoms with Gasteiger partial charge in [0.25, 0.3) is 5.91 Å². The van der Waals surface area contributed by atoms with Crippen LogP contribution >= 0.6 is 11.3 Å². The number of carbonyl (C=O) groups excluding carboxylic acids is 3. The van der Waals surface area contributed by atoms with Gasteiger partial charge in [-0.2, -0.15) is 13.2 Å². The van der Waals surface area contributed by atoms with Gasteiger partial charge < -0.3 is 15.1 Å². The maximum atomic E-state index is 13.4. The number of benzene rings is 1. The Labute approximate surface area is 194 Å². The fourth-order valence-electron chi connectivity index (χ4n) is 2.84. The van der Waals surface area contributed by atoms with Gasteiger partial charge >= 0.3 is 6.18 Å². The van der Waals surface area contributed by atoms with Crippen LogP contribution in [0.5, 0.6) is 0 Å². The molecule has 1 aromatic carbocycles. The van der Waals surface area contributed by atoms with Gasteiger partial charge in [-0.05, 0) is 31.5 Å². The minimum Gasteiger partial charge on any atom is -0.431 e. The molecule has 2 atom stereocenters. The van der Waals surface area contributed by atoms with E-state index in [4.69, 9.17) is 4.42 Å². The van der Waals surface area contributed by atoms with Crippen molar-refractivity contribution < 1.29 is 36.4 Å². The van der Waals surface area contributed by atoms with E-state index in [0.717, 1.165) is 23.6 Å². The van der Waals surface area contributed by atoms with Gasteiger partial charge in [0.05, 0.1) is 12.2 Å². The lowest BCUT2D eigenvalue weighted by Crippen LogP contribution is -2.50. The normalized spacial score (nSPS) is 13.2. The van der Waals surface area contributed by atoms with Crippen molar-refractivity contribution in [2.75, 3.05) is 0 Å². The Morgan fingerprint density at radius 2 is 1.94 bits per heavy atom. The SMILES string of the molecule is C[C@H](NC(=O)c1cnc(-c2cccc(F)c2)o1)C(=O)N[C@@H](CCC(F)(F)F)C(=O)c1nccs1. The van der Waals surface area contributed by atoms with Crippen molar-refractivity contribution in [3.05, 3.63) is 58.6 Å². The number of aromatic nitrogens is 2. The molecule has 2 heterocycles. The van der Waals surface area contributed by atoms with E-state index in [1.165, 1.54) is 36.7 Å². The van der Waals surface area contributed by atoms with Crippen molar-refractivity contribution >= 4 is 28.9 Å². The van der Waals surface area contributed by atoms with Gasteiger partial charge in [-0.25, -0.2) is 14.4 Å². The predicted molar refractivity (Wildman–Crippen MR) is 112 cm³/mol. The van der Waals surface area contributed by atoms with Gasteiger partial charge in [-0.1, -0.05) is 6.07 Å². The summed E-state index contributed by atoms with van der Waals surface area (Å²) in [6.07, 6.45) is -4.11. The van der Waals surface area contributed by atoms with Crippen molar-refractivity contribution in [1.82, 2.24) is 20.6 Å². The zero-order valence-electron chi connectivity index (χ0n) is 17.6. The number of ketones is 1. The van der Waals surface area contributed by atoms with Crippen molar-refractivity contribution in [3.8, 4) is 11.5 Å². The third-order valence-electron chi connectivity index (χ3n) is 4.53. The highest BCUT2D eigenvalue weighted by Gasteiger charge is 2.33. The summed E-state index contributed by atoms with van der Waals surface area (Å²) in [4.78, 5) is 45.1. The first-order valence-corrected chi connectivity index (χ1v) is 10.7. The number of hydrogen-bond donors (Lipinski definition) is 2.